The van der Waals surface area contributed by atoms with E-state index in [-0.39, 0.29) is 12.3 Å². The number of aromatic nitrogens is 3. The first-order valence-corrected chi connectivity index (χ1v) is 5.80. The normalized spacial score (nSPS) is 10.4. The van der Waals surface area contributed by atoms with Crippen molar-refractivity contribution >= 4 is 11.6 Å². The molecule has 5 nitrogen and oxygen atoms in total. The largest absolute Gasteiger partial charge is 0.323 e. The second-order valence-electron chi connectivity index (χ2n) is 4.30. The van der Waals surface area contributed by atoms with Crippen molar-refractivity contribution < 1.29 is 4.79 Å². The summed E-state index contributed by atoms with van der Waals surface area (Å²) in [7, 11) is 0. The molecule has 0 aliphatic heterocycles. The predicted octanol–water partition coefficient (Wildman–Crippen LogP) is 1.91. The maximum atomic E-state index is 11.9. The highest BCUT2D eigenvalue weighted by molar-refractivity contribution is 5.93. The summed E-state index contributed by atoms with van der Waals surface area (Å²) in [4.78, 5) is 16.2. The van der Waals surface area contributed by atoms with Gasteiger partial charge in [-0.2, -0.15) is 5.10 Å². The lowest BCUT2D eigenvalue weighted by Crippen LogP contribution is -2.16. The number of hydrogen-bond donors (Lipinski definition) is 2. The van der Waals surface area contributed by atoms with Gasteiger partial charge in [0.05, 0.1) is 29.2 Å². The van der Waals surface area contributed by atoms with Gasteiger partial charge in [0.15, 0.2) is 0 Å². The molecule has 0 unspecified atom stereocenters. The van der Waals surface area contributed by atoms with Crippen LogP contribution in [0.15, 0.2) is 18.3 Å². The van der Waals surface area contributed by atoms with Crippen LogP contribution in [-0.2, 0) is 11.2 Å². The third-order valence-electron chi connectivity index (χ3n) is 2.84. The first-order chi connectivity index (χ1) is 8.58. The van der Waals surface area contributed by atoms with Crippen LogP contribution in [0.2, 0.25) is 0 Å². The van der Waals surface area contributed by atoms with Crippen molar-refractivity contribution in [1.29, 1.82) is 0 Å². The van der Waals surface area contributed by atoms with Gasteiger partial charge in [-0.05, 0) is 32.4 Å². The minimum atomic E-state index is -0.0793. The number of nitrogens with zero attached hydrogens (tertiary/aromatic N) is 2. The summed E-state index contributed by atoms with van der Waals surface area (Å²) in [5.41, 5.74) is 4.23. The molecule has 0 aromatic carbocycles. The van der Waals surface area contributed by atoms with Crippen molar-refractivity contribution in [2.45, 2.75) is 27.2 Å². The Labute approximate surface area is 106 Å². The molecule has 0 saturated carbocycles. The number of aryl methyl sites for hydroxylation is 3. The van der Waals surface area contributed by atoms with Gasteiger partial charge in [-0.1, -0.05) is 6.07 Å². The van der Waals surface area contributed by atoms with Crippen molar-refractivity contribution in [2.24, 2.45) is 0 Å². The molecule has 0 aliphatic carbocycles. The van der Waals surface area contributed by atoms with Gasteiger partial charge in [0.1, 0.15) is 0 Å². The quantitative estimate of drug-likeness (QED) is 0.866. The summed E-state index contributed by atoms with van der Waals surface area (Å²) in [6.07, 6.45) is 1.97. The van der Waals surface area contributed by atoms with Crippen LogP contribution in [0.25, 0.3) is 0 Å². The van der Waals surface area contributed by atoms with Crippen molar-refractivity contribution in [3.8, 4) is 0 Å². The van der Waals surface area contributed by atoms with Crippen molar-refractivity contribution in [1.82, 2.24) is 15.2 Å². The zero-order valence-electron chi connectivity index (χ0n) is 10.7. The molecule has 0 atom stereocenters. The molecule has 0 radical (unpaired) electrons. The molecule has 0 fully saturated rings. The molecular formula is C13H16N4O. The molecule has 2 aromatic rings. The molecule has 2 rings (SSSR count). The van der Waals surface area contributed by atoms with E-state index in [2.05, 4.69) is 20.5 Å². The summed E-state index contributed by atoms with van der Waals surface area (Å²) < 4.78 is 0. The van der Waals surface area contributed by atoms with E-state index in [4.69, 9.17) is 0 Å². The third kappa shape index (κ3) is 2.56. The van der Waals surface area contributed by atoms with Crippen LogP contribution in [0.4, 0.5) is 5.69 Å². The number of carbonyl (C=O) groups is 1. The average molecular weight is 244 g/mol. The third-order valence-corrected chi connectivity index (χ3v) is 2.84. The second kappa shape index (κ2) is 5.00. The number of nitrogens with one attached hydrogen (secondary N) is 2. The molecule has 18 heavy (non-hydrogen) atoms. The minimum Gasteiger partial charge on any atom is -0.323 e. The Kier molecular flexibility index (Phi) is 3.41. The monoisotopic (exact) mass is 244 g/mol. The van der Waals surface area contributed by atoms with Gasteiger partial charge in [0, 0.05) is 6.20 Å². The van der Waals surface area contributed by atoms with Gasteiger partial charge in [-0.15, -0.1) is 0 Å². The number of hydrogen-bond acceptors (Lipinski definition) is 3. The molecule has 0 spiro atoms. The molecule has 2 heterocycles. The zero-order chi connectivity index (χ0) is 13.1. The Bertz CT molecular complexity index is 555. The van der Waals surface area contributed by atoms with E-state index < -0.39 is 0 Å². The molecule has 2 aromatic heterocycles. The number of pyridine rings is 1. The van der Waals surface area contributed by atoms with Crippen LogP contribution in [0.3, 0.4) is 0 Å². The highest BCUT2D eigenvalue weighted by atomic mass is 16.1. The molecular weight excluding hydrogens is 228 g/mol. The number of rotatable bonds is 3. The Morgan fingerprint density at radius 3 is 2.78 bits per heavy atom. The summed E-state index contributed by atoms with van der Waals surface area (Å²) in [6.45, 7) is 5.68. The highest BCUT2D eigenvalue weighted by Gasteiger charge is 2.12. The Morgan fingerprint density at radius 2 is 2.17 bits per heavy atom. The fraction of sp³-hybridized carbons (Fsp3) is 0.308. The topological polar surface area (TPSA) is 70.7 Å². The van der Waals surface area contributed by atoms with Gasteiger partial charge < -0.3 is 5.32 Å². The van der Waals surface area contributed by atoms with E-state index in [1.165, 1.54) is 0 Å². The van der Waals surface area contributed by atoms with Crippen LogP contribution in [0, 0.1) is 20.8 Å². The molecule has 0 saturated heterocycles. The maximum Gasteiger partial charge on any atom is 0.230 e. The van der Waals surface area contributed by atoms with E-state index in [0.717, 1.165) is 28.3 Å². The zero-order valence-corrected chi connectivity index (χ0v) is 10.7. The summed E-state index contributed by atoms with van der Waals surface area (Å²) in [5.74, 6) is -0.0793. The fourth-order valence-electron chi connectivity index (χ4n) is 1.77. The molecule has 2 N–H and O–H groups in total. The number of carbonyl (C=O) groups excluding carboxylic acids is 1. The number of anilines is 1. The van der Waals surface area contributed by atoms with E-state index in [0.29, 0.717) is 0 Å². The van der Waals surface area contributed by atoms with E-state index in [1.807, 2.05) is 32.9 Å². The summed E-state index contributed by atoms with van der Waals surface area (Å²) in [6, 6.07) is 3.81. The highest BCUT2D eigenvalue weighted by Crippen LogP contribution is 2.16. The van der Waals surface area contributed by atoms with Gasteiger partial charge >= 0.3 is 0 Å². The van der Waals surface area contributed by atoms with Crippen LogP contribution >= 0.6 is 0 Å². The molecule has 0 aliphatic rings. The molecule has 94 valence electrons. The Hall–Kier alpha value is -2.17. The van der Waals surface area contributed by atoms with Gasteiger partial charge in [0.25, 0.3) is 0 Å². The number of amides is 1. The van der Waals surface area contributed by atoms with E-state index in [1.54, 1.807) is 6.20 Å². The van der Waals surface area contributed by atoms with Gasteiger partial charge in [0.2, 0.25) is 5.91 Å². The number of aromatic amines is 1. The first-order valence-electron chi connectivity index (χ1n) is 5.80. The smallest absolute Gasteiger partial charge is 0.230 e. The van der Waals surface area contributed by atoms with Crippen molar-refractivity contribution in [3.63, 3.8) is 0 Å². The van der Waals surface area contributed by atoms with Crippen LogP contribution in [0.1, 0.15) is 22.6 Å². The van der Waals surface area contributed by atoms with Crippen LogP contribution in [-0.4, -0.2) is 21.1 Å². The second-order valence-corrected chi connectivity index (χ2v) is 4.30. The lowest BCUT2D eigenvalue weighted by atomic mass is 10.1. The Balaban J connectivity index is 2.08. The number of H-pyrrole nitrogens is 1. The van der Waals surface area contributed by atoms with E-state index >= 15 is 0 Å². The molecule has 0 bridgehead atoms. The first kappa shape index (κ1) is 12.3. The van der Waals surface area contributed by atoms with Crippen molar-refractivity contribution in [2.75, 3.05) is 5.32 Å². The minimum absolute atomic E-state index is 0.0793. The predicted molar refractivity (Wildman–Crippen MR) is 69.4 cm³/mol. The Morgan fingerprint density at radius 1 is 1.39 bits per heavy atom. The maximum absolute atomic E-state index is 11.9. The summed E-state index contributed by atoms with van der Waals surface area (Å²) in [5, 5.41) is 9.74. The van der Waals surface area contributed by atoms with Crippen molar-refractivity contribution in [3.05, 3.63) is 41.0 Å². The fourth-order valence-corrected chi connectivity index (χ4v) is 1.77. The SMILES string of the molecule is Cc1cccnc1CC(=O)Nc1c(C)n[nH]c1C. The molecule has 1 amide bonds. The lowest BCUT2D eigenvalue weighted by molar-refractivity contribution is -0.115. The van der Waals surface area contributed by atoms with Crippen LogP contribution in [0.5, 0.6) is 0 Å². The summed E-state index contributed by atoms with van der Waals surface area (Å²) >= 11 is 0. The van der Waals surface area contributed by atoms with Gasteiger partial charge in [-0.25, -0.2) is 0 Å². The average Bonchev–Trinajstić information content (AvgIpc) is 2.64. The molecule has 5 heteroatoms. The van der Waals surface area contributed by atoms with Crippen LogP contribution < -0.4 is 5.32 Å². The van der Waals surface area contributed by atoms with Gasteiger partial charge in [-0.3, -0.25) is 14.9 Å². The van der Waals surface area contributed by atoms with E-state index in [9.17, 15) is 4.79 Å². The standard InChI is InChI=1S/C13H16N4O/c1-8-5-4-6-14-11(8)7-12(18)15-13-9(2)16-17-10(13)3/h4-6H,7H2,1-3H3,(H,15,18)(H,16,17). The lowest BCUT2D eigenvalue weighted by Gasteiger charge is -2.06.